The first-order valence-electron chi connectivity index (χ1n) is 6.47. The third-order valence-electron chi connectivity index (χ3n) is 3.31. The second kappa shape index (κ2) is 5.87. The molecule has 98 valence electrons. The van der Waals surface area contributed by atoms with E-state index in [-0.39, 0.29) is 17.7 Å². The van der Waals surface area contributed by atoms with Gasteiger partial charge in [0.15, 0.2) is 0 Å². The minimum atomic E-state index is -0.176. The predicted molar refractivity (Wildman–Crippen MR) is 70.2 cm³/mol. The van der Waals surface area contributed by atoms with E-state index in [1.54, 1.807) is 18.2 Å². The van der Waals surface area contributed by atoms with Crippen LogP contribution in [0.15, 0.2) is 24.3 Å². The van der Waals surface area contributed by atoms with Crippen molar-refractivity contribution < 1.29 is 9.90 Å². The Kier molecular flexibility index (Phi) is 4.20. The lowest BCUT2D eigenvalue weighted by molar-refractivity contribution is -0.131. The molecule has 1 atom stereocenters. The van der Waals surface area contributed by atoms with Crippen molar-refractivity contribution in [2.75, 3.05) is 13.1 Å². The zero-order valence-electron chi connectivity index (χ0n) is 10.7. The Morgan fingerprint density at radius 2 is 2.17 bits per heavy atom. The van der Waals surface area contributed by atoms with Crippen molar-refractivity contribution >= 4 is 5.91 Å². The van der Waals surface area contributed by atoms with Gasteiger partial charge in [0.25, 0.3) is 0 Å². The van der Waals surface area contributed by atoms with Crippen molar-refractivity contribution in [3.63, 3.8) is 0 Å². The number of likely N-dealkylation sites (tertiary alicyclic amines) is 1. The molecule has 4 heteroatoms. The third kappa shape index (κ3) is 3.23. The molecule has 1 aliphatic heterocycles. The summed E-state index contributed by atoms with van der Waals surface area (Å²) in [6, 6.07) is 6.91. The van der Waals surface area contributed by atoms with Crippen LogP contribution >= 0.6 is 0 Å². The molecule has 1 saturated heterocycles. The highest BCUT2D eigenvalue weighted by Gasteiger charge is 2.22. The van der Waals surface area contributed by atoms with Gasteiger partial charge in [0.1, 0.15) is 5.75 Å². The van der Waals surface area contributed by atoms with E-state index >= 15 is 0 Å². The molecule has 0 spiro atoms. The van der Waals surface area contributed by atoms with E-state index in [0.717, 1.165) is 31.5 Å². The summed E-state index contributed by atoms with van der Waals surface area (Å²) in [5, 5.41) is 12.6. The van der Waals surface area contributed by atoms with E-state index in [0.29, 0.717) is 6.54 Å². The van der Waals surface area contributed by atoms with Crippen LogP contribution in [-0.2, 0) is 11.3 Å². The number of carbonyl (C=O) groups is 1. The molecule has 0 bridgehead atoms. The Bertz CT molecular complexity index is 414. The molecule has 1 amide bonds. The highest BCUT2D eigenvalue weighted by molar-refractivity contribution is 5.81. The van der Waals surface area contributed by atoms with Gasteiger partial charge in [0, 0.05) is 19.6 Å². The zero-order chi connectivity index (χ0) is 13.0. The van der Waals surface area contributed by atoms with Crippen LogP contribution in [-0.4, -0.2) is 35.0 Å². The van der Waals surface area contributed by atoms with Crippen molar-refractivity contribution in [1.82, 2.24) is 10.2 Å². The van der Waals surface area contributed by atoms with E-state index in [1.165, 1.54) is 0 Å². The maximum atomic E-state index is 12.0. The standard InChI is InChI=1S/C14H20N2O2/c1-11(14(18)16-7-2-3-8-16)15-10-12-5-4-6-13(17)9-12/h4-6,9,11,15,17H,2-3,7-8,10H2,1H3. The maximum Gasteiger partial charge on any atom is 0.239 e. The summed E-state index contributed by atoms with van der Waals surface area (Å²) in [6.45, 7) is 4.26. The lowest BCUT2D eigenvalue weighted by Gasteiger charge is -2.21. The van der Waals surface area contributed by atoms with Crippen LogP contribution in [0.4, 0.5) is 0 Å². The summed E-state index contributed by atoms with van der Waals surface area (Å²) >= 11 is 0. The van der Waals surface area contributed by atoms with Gasteiger partial charge in [-0.1, -0.05) is 12.1 Å². The summed E-state index contributed by atoms with van der Waals surface area (Å²) in [5.41, 5.74) is 0.982. The molecular formula is C14H20N2O2. The molecule has 1 unspecified atom stereocenters. The van der Waals surface area contributed by atoms with Gasteiger partial charge < -0.3 is 15.3 Å². The number of benzene rings is 1. The SMILES string of the molecule is CC(NCc1cccc(O)c1)C(=O)N1CCCC1. The third-order valence-corrected chi connectivity index (χ3v) is 3.31. The fraction of sp³-hybridized carbons (Fsp3) is 0.500. The number of hydrogen-bond donors (Lipinski definition) is 2. The van der Waals surface area contributed by atoms with Gasteiger partial charge in [-0.15, -0.1) is 0 Å². The van der Waals surface area contributed by atoms with Crippen LogP contribution in [0.25, 0.3) is 0 Å². The average molecular weight is 248 g/mol. The monoisotopic (exact) mass is 248 g/mol. The second-order valence-corrected chi connectivity index (χ2v) is 4.80. The first-order chi connectivity index (χ1) is 8.66. The molecule has 0 aliphatic carbocycles. The number of amides is 1. The van der Waals surface area contributed by atoms with Crippen LogP contribution in [0.5, 0.6) is 5.75 Å². The molecular weight excluding hydrogens is 228 g/mol. The van der Waals surface area contributed by atoms with Crippen LogP contribution in [0.3, 0.4) is 0 Å². The Balaban J connectivity index is 1.84. The summed E-state index contributed by atoms with van der Waals surface area (Å²) in [5.74, 6) is 0.431. The fourth-order valence-electron chi connectivity index (χ4n) is 2.24. The largest absolute Gasteiger partial charge is 0.508 e. The lowest BCUT2D eigenvalue weighted by atomic mass is 10.2. The topological polar surface area (TPSA) is 52.6 Å². The maximum absolute atomic E-state index is 12.0. The highest BCUT2D eigenvalue weighted by Crippen LogP contribution is 2.12. The van der Waals surface area contributed by atoms with Crippen molar-refractivity contribution in [2.45, 2.75) is 32.4 Å². The number of carbonyl (C=O) groups excluding carboxylic acids is 1. The molecule has 4 nitrogen and oxygen atoms in total. The number of nitrogens with zero attached hydrogens (tertiary/aromatic N) is 1. The summed E-state index contributed by atoms with van der Waals surface area (Å²) in [4.78, 5) is 14.0. The molecule has 1 aliphatic rings. The van der Waals surface area contributed by atoms with Crippen molar-refractivity contribution in [3.8, 4) is 5.75 Å². The van der Waals surface area contributed by atoms with Crippen molar-refractivity contribution in [3.05, 3.63) is 29.8 Å². The van der Waals surface area contributed by atoms with Crippen LogP contribution in [0, 0.1) is 0 Å². The first-order valence-corrected chi connectivity index (χ1v) is 6.47. The second-order valence-electron chi connectivity index (χ2n) is 4.80. The molecule has 1 aromatic carbocycles. The van der Waals surface area contributed by atoms with Gasteiger partial charge in [-0.05, 0) is 37.5 Å². The molecule has 0 aromatic heterocycles. The lowest BCUT2D eigenvalue weighted by Crippen LogP contribution is -2.43. The minimum Gasteiger partial charge on any atom is -0.508 e. The molecule has 0 saturated carbocycles. The number of hydrogen-bond acceptors (Lipinski definition) is 3. The van der Waals surface area contributed by atoms with Crippen molar-refractivity contribution in [2.24, 2.45) is 0 Å². The van der Waals surface area contributed by atoms with E-state index in [1.807, 2.05) is 17.9 Å². The predicted octanol–water partition coefficient (Wildman–Crippen LogP) is 1.49. The molecule has 1 aromatic rings. The smallest absolute Gasteiger partial charge is 0.239 e. The fourth-order valence-corrected chi connectivity index (χ4v) is 2.24. The van der Waals surface area contributed by atoms with Gasteiger partial charge in [0.2, 0.25) is 5.91 Å². The van der Waals surface area contributed by atoms with E-state index in [2.05, 4.69) is 5.32 Å². The number of nitrogens with one attached hydrogen (secondary N) is 1. The Morgan fingerprint density at radius 3 is 2.83 bits per heavy atom. The highest BCUT2D eigenvalue weighted by atomic mass is 16.3. The number of rotatable bonds is 4. The van der Waals surface area contributed by atoms with Crippen LogP contribution in [0.1, 0.15) is 25.3 Å². The Morgan fingerprint density at radius 1 is 1.44 bits per heavy atom. The molecule has 1 heterocycles. The van der Waals surface area contributed by atoms with Crippen LogP contribution < -0.4 is 5.32 Å². The number of aromatic hydroxyl groups is 1. The quantitative estimate of drug-likeness (QED) is 0.849. The summed E-state index contributed by atoms with van der Waals surface area (Å²) in [7, 11) is 0. The van der Waals surface area contributed by atoms with E-state index in [9.17, 15) is 9.90 Å². The van der Waals surface area contributed by atoms with Gasteiger partial charge in [-0.3, -0.25) is 4.79 Å². The van der Waals surface area contributed by atoms with Gasteiger partial charge >= 0.3 is 0 Å². The van der Waals surface area contributed by atoms with Gasteiger partial charge in [0.05, 0.1) is 6.04 Å². The summed E-state index contributed by atoms with van der Waals surface area (Å²) < 4.78 is 0. The molecule has 0 radical (unpaired) electrons. The van der Waals surface area contributed by atoms with Gasteiger partial charge in [-0.2, -0.15) is 0 Å². The zero-order valence-corrected chi connectivity index (χ0v) is 10.7. The molecule has 1 fully saturated rings. The van der Waals surface area contributed by atoms with E-state index in [4.69, 9.17) is 0 Å². The number of phenols is 1. The Labute approximate surface area is 108 Å². The van der Waals surface area contributed by atoms with Gasteiger partial charge in [-0.25, -0.2) is 0 Å². The minimum absolute atomic E-state index is 0.174. The number of phenolic OH excluding ortho intramolecular Hbond substituents is 1. The molecule has 2 rings (SSSR count). The van der Waals surface area contributed by atoms with Crippen LogP contribution in [0.2, 0.25) is 0 Å². The first kappa shape index (κ1) is 12.9. The average Bonchev–Trinajstić information content (AvgIpc) is 2.89. The Hall–Kier alpha value is -1.55. The molecule has 2 N–H and O–H groups in total. The van der Waals surface area contributed by atoms with E-state index < -0.39 is 0 Å². The van der Waals surface area contributed by atoms with Crippen molar-refractivity contribution in [1.29, 1.82) is 0 Å². The normalized spacial score (nSPS) is 16.8. The molecule has 18 heavy (non-hydrogen) atoms. The summed E-state index contributed by atoms with van der Waals surface area (Å²) in [6.07, 6.45) is 2.23.